The molecule has 0 heterocycles. The highest BCUT2D eigenvalue weighted by Gasteiger charge is 2.16. The molecule has 0 saturated carbocycles. The lowest BCUT2D eigenvalue weighted by molar-refractivity contribution is -0.139. The molecule has 0 amide bonds. The molecule has 2 atom stereocenters. The van der Waals surface area contributed by atoms with Crippen LogP contribution in [-0.2, 0) is 4.79 Å². The smallest absolute Gasteiger partial charge is 0.305 e. The lowest BCUT2D eigenvalue weighted by atomic mass is 9.89. The van der Waals surface area contributed by atoms with Crippen LogP contribution in [0.25, 0.3) is 17.2 Å². The van der Waals surface area contributed by atoms with E-state index in [1.807, 2.05) is 13.8 Å². The molecular weight excluding hydrogens is 363 g/mol. The third-order valence-electron chi connectivity index (χ3n) is 4.38. The van der Waals surface area contributed by atoms with Gasteiger partial charge >= 0.3 is 5.97 Å². The van der Waals surface area contributed by atoms with Crippen LogP contribution in [0.5, 0.6) is 5.75 Å². The zero-order valence-electron chi connectivity index (χ0n) is 15.8. The molecule has 6 heteroatoms. The summed E-state index contributed by atoms with van der Waals surface area (Å²) in [6, 6.07) is 9.10. The minimum absolute atomic E-state index is 0.0701. The highest BCUT2D eigenvalue weighted by atomic mass is 19.1. The molecule has 5 nitrogen and oxygen atoms in total. The molecule has 0 aliphatic heterocycles. The molecule has 0 radical (unpaired) electrons. The monoisotopic (exact) mass is 388 g/mol. The molecule has 0 aliphatic rings. The minimum Gasteiger partial charge on any atom is -0.508 e. The van der Waals surface area contributed by atoms with E-state index in [1.54, 1.807) is 30.3 Å². The van der Waals surface area contributed by atoms with E-state index in [-0.39, 0.29) is 23.9 Å². The molecular formula is C22H25FO5. The molecule has 2 aromatic carbocycles. The molecule has 2 aromatic rings. The van der Waals surface area contributed by atoms with Crippen molar-refractivity contribution >= 4 is 12.0 Å². The van der Waals surface area contributed by atoms with Crippen LogP contribution in [0.1, 0.15) is 43.7 Å². The molecule has 2 unspecified atom stereocenters. The SMILES string of the molecule is CC(C)c1cc(O)cc(-c2ccc(F)cc2)c1/C=C/C(O)CC(O)CC(=O)O. The van der Waals surface area contributed by atoms with E-state index < -0.39 is 24.6 Å². The molecule has 28 heavy (non-hydrogen) atoms. The highest BCUT2D eigenvalue weighted by Crippen LogP contribution is 2.35. The summed E-state index contributed by atoms with van der Waals surface area (Å²) in [5.41, 5.74) is 2.98. The van der Waals surface area contributed by atoms with E-state index in [0.29, 0.717) is 11.1 Å². The van der Waals surface area contributed by atoms with Gasteiger partial charge in [-0.3, -0.25) is 4.79 Å². The van der Waals surface area contributed by atoms with Crippen molar-refractivity contribution in [2.75, 3.05) is 0 Å². The van der Waals surface area contributed by atoms with Gasteiger partial charge in [-0.05, 0) is 52.4 Å². The van der Waals surface area contributed by atoms with Gasteiger partial charge in [0.2, 0.25) is 0 Å². The third kappa shape index (κ3) is 5.90. The fourth-order valence-electron chi connectivity index (χ4n) is 3.04. The number of hydrogen-bond donors (Lipinski definition) is 4. The first kappa shape index (κ1) is 21.6. The first-order chi connectivity index (χ1) is 13.2. The van der Waals surface area contributed by atoms with Gasteiger partial charge in [0, 0.05) is 6.42 Å². The summed E-state index contributed by atoms with van der Waals surface area (Å²) in [6.07, 6.45) is 0.427. The molecule has 0 spiro atoms. The van der Waals surface area contributed by atoms with Crippen LogP contribution in [0.2, 0.25) is 0 Å². The number of hydrogen-bond acceptors (Lipinski definition) is 4. The number of phenolic OH excluding ortho intramolecular Hbond substituents is 1. The summed E-state index contributed by atoms with van der Waals surface area (Å²) in [5, 5.41) is 38.6. The summed E-state index contributed by atoms with van der Waals surface area (Å²) in [4.78, 5) is 10.6. The number of carboxylic acid groups (broad SMARTS) is 1. The van der Waals surface area contributed by atoms with Gasteiger partial charge in [-0.2, -0.15) is 0 Å². The number of carbonyl (C=O) groups is 1. The molecule has 4 N–H and O–H groups in total. The van der Waals surface area contributed by atoms with Crippen molar-refractivity contribution in [3.8, 4) is 16.9 Å². The van der Waals surface area contributed by atoms with Crippen molar-refractivity contribution in [3.63, 3.8) is 0 Å². The fraction of sp³-hybridized carbons (Fsp3) is 0.318. The second kappa shape index (κ2) is 9.48. The van der Waals surface area contributed by atoms with Crippen molar-refractivity contribution in [2.24, 2.45) is 0 Å². The number of phenols is 1. The van der Waals surface area contributed by atoms with E-state index in [0.717, 1.165) is 11.1 Å². The number of aromatic hydroxyl groups is 1. The topological polar surface area (TPSA) is 98.0 Å². The number of aliphatic carboxylic acids is 1. The second-order valence-corrected chi connectivity index (χ2v) is 7.07. The van der Waals surface area contributed by atoms with E-state index in [4.69, 9.17) is 5.11 Å². The Balaban J connectivity index is 2.40. The summed E-state index contributed by atoms with van der Waals surface area (Å²) in [7, 11) is 0. The van der Waals surface area contributed by atoms with Crippen molar-refractivity contribution in [3.05, 3.63) is 59.4 Å². The maximum atomic E-state index is 13.3. The van der Waals surface area contributed by atoms with Gasteiger partial charge in [0.15, 0.2) is 0 Å². The van der Waals surface area contributed by atoms with Gasteiger partial charge in [-0.1, -0.05) is 38.1 Å². The summed E-state index contributed by atoms with van der Waals surface area (Å²) < 4.78 is 13.3. The van der Waals surface area contributed by atoms with E-state index in [2.05, 4.69) is 0 Å². The molecule has 0 fully saturated rings. The van der Waals surface area contributed by atoms with Crippen LogP contribution in [0, 0.1) is 5.82 Å². The van der Waals surface area contributed by atoms with Gasteiger partial charge in [0.25, 0.3) is 0 Å². The van der Waals surface area contributed by atoms with Gasteiger partial charge in [0.05, 0.1) is 18.6 Å². The molecule has 0 aliphatic carbocycles. The lowest BCUT2D eigenvalue weighted by Gasteiger charge is -2.17. The third-order valence-corrected chi connectivity index (χ3v) is 4.38. The maximum absolute atomic E-state index is 13.3. The van der Waals surface area contributed by atoms with Crippen molar-refractivity contribution < 1.29 is 29.6 Å². The molecule has 2 rings (SSSR count). The normalized spacial score (nSPS) is 13.8. The van der Waals surface area contributed by atoms with Crippen LogP contribution in [0.15, 0.2) is 42.5 Å². The predicted molar refractivity (Wildman–Crippen MR) is 106 cm³/mol. The number of halogens is 1. The number of benzene rings is 2. The van der Waals surface area contributed by atoms with Crippen molar-refractivity contribution in [2.45, 2.75) is 44.8 Å². The van der Waals surface area contributed by atoms with Gasteiger partial charge in [0.1, 0.15) is 11.6 Å². The molecule has 0 aromatic heterocycles. The van der Waals surface area contributed by atoms with Crippen LogP contribution in [0.4, 0.5) is 4.39 Å². The Kier molecular flexibility index (Phi) is 7.31. The maximum Gasteiger partial charge on any atom is 0.305 e. The number of aliphatic hydroxyl groups is 2. The summed E-state index contributed by atoms with van der Waals surface area (Å²) in [6.45, 7) is 3.93. The zero-order valence-corrected chi connectivity index (χ0v) is 15.8. The number of rotatable bonds is 8. The highest BCUT2D eigenvalue weighted by molar-refractivity contribution is 5.79. The molecule has 0 bridgehead atoms. The predicted octanol–water partition coefficient (Wildman–Crippen LogP) is 3.92. The Hall–Kier alpha value is -2.70. The second-order valence-electron chi connectivity index (χ2n) is 7.07. The average molecular weight is 388 g/mol. The largest absolute Gasteiger partial charge is 0.508 e. The average Bonchev–Trinajstić information content (AvgIpc) is 2.59. The zero-order chi connectivity index (χ0) is 20.8. The summed E-state index contributed by atoms with van der Waals surface area (Å²) in [5.74, 6) is -1.35. The molecule has 0 saturated heterocycles. The number of carboxylic acids is 1. The van der Waals surface area contributed by atoms with Crippen LogP contribution in [0.3, 0.4) is 0 Å². The Morgan fingerprint density at radius 2 is 1.79 bits per heavy atom. The Bertz CT molecular complexity index is 843. The number of aliphatic hydroxyl groups excluding tert-OH is 2. The fourth-order valence-corrected chi connectivity index (χ4v) is 3.04. The van der Waals surface area contributed by atoms with Crippen LogP contribution >= 0.6 is 0 Å². The standard InChI is InChI=1S/C22H25FO5/c1-13(2)20-10-18(26)11-21(14-3-5-15(23)6-4-14)19(20)8-7-16(24)9-17(25)12-22(27)28/h3-8,10-11,13,16-17,24-26H,9,12H2,1-2H3,(H,27,28)/b8-7+. The first-order valence-corrected chi connectivity index (χ1v) is 9.06. The summed E-state index contributed by atoms with van der Waals surface area (Å²) >= 11 is 0. The molecule has 150 valence electrons. The quantitative estimate of drug-likeness (QED) is 0.549. The van der Waals surface area contributed by atoms with E-state index in [1.165, 1.54) is 18.2 Å². The lowest BCUT2D eigenvalue weighted by Crippen LogP contribution is -2.19. The Morgan fingerprint density at radius 3 is 2.36 bits per heavy atom. The van der Waals surface area contributed by atoms with Gasteiger partial charge < -0.3 is 20.4 Å². The Labute approximate surface area is 163 Å². The van der Waals surface area contributed by atoms with Gasteiger partial charge in [-0.25, -0.2) is 4.39 Å². The van der Waals surface area contributed by atoms with Crippen LogP contribution < -0.4 is 0 Å². The van der Waals surface area contributed by atoms with Crippen molar-refractivity contribution in [1.82, 2.24) is 0 Å². The minimum atomic E-state index is -1.15. The van der Waals surface area contributed by atoms with E-state index in [9.17, 15) is 24.5 Å². The van der Waals surface area contributed by atoms with Gasteiger partial charge in [-0.15, -0.1) is 0 Å². The van der Waals surface area contributed by atoms with E-state index >= 15 is 0 Å². The van der Waals surface area contributed by atoms with Crippen LogP contribution in [-0.4, -0.2) is 38.6 Å². The van der Waals surface area contributed by atoms with Crippen molar-refractivity contribution in [1.29, 1.82) is 0 Å². The Morgan fingerprint density at radius 1 is 1.14 bits per heavy atom. The first-order valence-electron chi connectivity index (χ1n) is 9.06.